The summed E-state index contributed by atoms with van der Waals surface area (Å²) in [5, 5.41) is 14.4. The summed E-state index contributed by atoms with van der Waals surface area (Å²) < 4.78 is 5.16. The average molecular weight is 344 g/mol. The first-order valence-electron chi connectivity index (χ1n) is 7.79. The molecule has 2 rings (SSSR count). The molecule has 7 heteroatoms. The van der Waals surface area contributed by atoms with Crippen LogP contribution < -0.4 is 10.6 Å². The van der Waals surface area contributed by atoms with E-state index in [0.29, 0.717) is 16.8 Å². The second-order valence-electron chi connectivity index (χ2n) is 5.95. The Bertz CT molecular complexity index is 790. The van der Waals surface area contributed by atoms with Crippen LogP contribution >= 0.6 is 0 Å². The molecule has 0 aliphatic rings. The Morgan fingerprint density at radius 1 is 1.12 bits per heavy atom. The number of carbonyl (C=O) groups is 3. The number of aryl methyl sites for hydroxylation is 1. The van der Waals surface area contributed by atoms with E-state index in [2.05, 4.69) is 10.6 Å². The van der Waals surface area contributed by atoms with Crippen molar-refractivity contribution in [2.24, 2.45) is 0 Å². The monoisotopic (exact) mass is 344 g/mol. The van der Waals surface area contributed by atoms with E-state index in [0.717, 1.165) is 0 Å². The molecule has 0 aliphatic carbocycles. The van der Waals surface area contributed by atoms with Gasteiger partial charge in [0.2, 0.25) is 0 Å². The van der Waals surface area contributed by atoms with Crippen molar-refractivity contribution in [3.8, 4) is 0 Å². The maximum atomic E-state index is 12.4. The number of aliphatic carboxylic acids is 1. The summed E-state index contributed by atoms with van der Waals surface area (Å²) in [5.41, 5.74) is 1.75. The molecular weight excluding hydrogens is 324 g/mol. The largest absolute Gasteiger partial charge is 0.481 e. The number of rotatable bonds is 6. The lowest BCUT2D eigenvalue weighted by molar-refractivity contribution is -0.136. The number of hydrogen-bond donors (Lipinski definition) is 3. The molecule has 2 aromatic rings. The summed E-state index contributed by atoms with van der Waals surface area (Å²) in [4.78, 5) is 35.2. The van der Waals surface area contributed by atoms with E-state index in [4.69, 9.17) is 9.52 Å². The molecule has 3 N–H and O–H groups in total. The lowest BCUT2D eigenvalue weighted by atomic mass is 10.1. The number of anilines is 1. The normalized spacial score (nSPS) is 10.6. The molecule has 0 saturated carbocycles. The van der Waals surface area contributed by atoms with Crippen molar-refractivity contribution < 1.29 is 23.9 Å². The highest BCUT2D eigenvalue weighted by molar-refractivity contribution is 6.06. The van der Waals surface area contributed by atoms with Gasteiger partial charge in [-0.2, -0.15) is 0 Å². The quantitative estimate of drug-likeness (QED) is 0.746. The first-order valence-corrected chi connectivity index (χ1v) is 7.79. The van der Waals surface area contributed by atoms with E-state index in [1.807, 2.05) is 13.8 Å². The van der Waals surface area contributed by atoms with Crippen LogP contribution in [-0.2, 0) is 11.2 Å². The number of benzene rings is 1. The minimum Gasteiger partial charge on any atom is -0.481 e. The standard InChI is InChI=1S/C18H20N2O5/c1-10(2)19-17(23)12-4-6-13(7-5-12)20-18(24)16-11(3)9-25-14(16)8-15(21)22/h4-7,9-10H,8H2,1-3H3,(H,19,23)(H,20,24)(H,21,22). The highest BCUT2D eigenvalue weighted by atomic mass is 16.4. The summed E-state index contributed by atoms with van der Waals surface area (Å²) in [6.45, 7) is 5.41. The SMILES string of the molecule is Cc1coc(CC(=O)O)c1C(=O)Nc1ccc(C(=O)NC(C)C)cc1. The Labute approximate surface area is 145 Å². The zero-order valence-corrected chi connectivity index (χ0v) is 14.3. The van der Waals surface area contributed by atoms with Crippen LogP contribution in [0.3, 0.4) is 0 Å². The lowest BCUT2D eigenvalue weighted by Gasteiger charge is -2.09. The van der Waals surface area contributed by atoms with Crippen LogP contribution in [0.1, 0.15) is 45.9 Å². The molecule has 0 aliphatic heterocycles. The van der Waals surface area contributed by atoms with Crippen LogP contribution in [-0.4, -0.2) is 28.9 Å². The minimum absolute atomic E-state index is 0.0311. The molecule has 1 aromatic carbocycles. The van der Waals surface area contributed by atoms with E-state index in [1.54, 1.807) is 31.2 Å². The fourth-order valence-electron chi connectivity index (χ4n) is 2.31. The molecule has 1 heterocycles. The minimum atomic E-state index is -1.08. The fourth-order valence-corrected chi connectivity index (χ4v) is 2.31. The van der Waals surface area contributed by atoms with Crippen LogP contribution in [0.5, 0.6) is 0 Å². The van der Waals surface area contributed by atoms with Crippen LogP contribution in [0.2, 0.25) is 0 Å². The molecule has 0 saturated heterocycles. The summed E-state index contributed by atoms with van der Waals surface area (Å²) in [6, 6.07) is 6.46. The van der Waals surface area contributed by atoms with Gasteiger partial charge in [0, 0.05) is 22.9 Å². The van der Waals surface area contributed by atoms with Crippen LogP contribution in [0.4, 0.5) is 5.69 Å². The topological polar surface area (TPSA) is 109 Å². The van der Waals surface area contributed by atoms with E-state index in [1.165, 1.54) is 6.26 Å². The molecular formula is C18H20N2O5. The van der Waals surface area contributed by atoms with Gasteiger partial charge in [0.1, 0.15) is 12.2 Å². The van der Waals surface area contributed by atoms with Crippen LogP contribution in [0, 0.1) is 6.92 Å². The number of furan rings is 1. The van der Waals surface area contributed by atoms with Crippen molar-refractivity contribution in [2.45, 2.75) is 33.2 Å². The summed E-state index contributed by atoms with van der Waals surface area (Å²) in [6.07, 6.45) is 0.984. The Morgan fingerprint density at radius 3 is 2.32 bits per heavy atom. The lowest BCUT2D eigenvalue weighted by Crippen LogP contribution is -2.30. The summed E-state index contributed by atoms with van der Waals surface area (Å²) >= 11 is 0. The number of carboxylic acid groups (broad SMARTS) is 1. The zero-order valence-electron chi connectivity index (χ0n) is 14.3. The molecule has 0 radical (unpaired) electrons. The van der Waals surface area contributed by atoms with Gasteiger partial charge in [-0.15, -0.1) is 0 Å². The van der Waals surface area contributed by atoms with E-state index < -0.39 is 11.9 Å². The zero-order chi connectivity index (χ0) is 18.6. The van der Waals surface area contributed by atoms with Gasteiger partial charge < -0.3 is 20.2 Å². The fraction of sp³-hybridized carbons (Fsp3) is 0.278. The number of carbonyl (C=O) groups excluding carboxylic acids is 2. The maximum absolute atomic E-state index is 12.4. The smallest absolute Gasteiger partial charge is 0.311 e. The molecule has 0 bridgehead atoms. The van der Waals surface area contributed by atoms with E-state index in [9.17, 15) is 14.4 Å². The van der Waals surface area contributed by atoms with E-state index in [-0.39, 0.29) is 29.7 Å². The highest BCUT2D eigenvalue weighted by Gasteiger charge is 2.20. The van der Waals surface area contributed by atoms with Gasteiger partial charge in [-0.05, 0) is 45.0 Å². The van der Waals surface area contributed by atoms with Gasteiger partial charge in [0.15, 0.2) is 0 Å². The van der Waals surface area contributed by atoms with Gasteiger partial charge in [0.25, 0.3) is 11.8 Å². The molecule has 2 amide bonds. The number of nitrogens with one attached hydrogen (secondary N) is 2. The van der Waals surface area contributed by atoms with Gasteiger partial charge in [-0.1, -0.05) is 0 Å². The molecule has 0 fully saturated rings. The van der Waals surface area contributed by atoms with Crippen molar-refractivity contribution in [1.29, 1.82) is 0 Å². The number of carboxylic acids is 1. The van der Waals surface area contributed by atoms with Crippen molar-refractivity contribution in [1.82, 2.24) is 5.32 Å². The Balaban J connectivity index is 2.12. The van der Waals surface area contributed by atoms with Crippen LogP contribution in [0.15, 0.2) is 34.9 Å². The average Bonchev–Trinajstić information content (AvgIpc) is 2.87. The molecule has 1 aromatic heterocycles. The van der Waals surface area contributed by atoms with Crippen molar-refractivity contribution in [3.63, 3.8) is 0 Å². The molecule has 0 spiro atoms. The first kappa shape index (κ1) is 18.3. The first-order chi connectivity index (χ1) is 11.8. The Kier molecular flexibility index (Phi) is 5.59. The summed E-state index contributed by atoms with van der Waals surface area (Å²) in [5.74, 6) is -1.62. The molecule has 0 atom stereocenters. The Hall–Kier alpha value is -3.09. The Morgan fingerprint density at radius 2 is 1.76 bits per heavy atom. The van der Waals surface area contributed by atoms with Crippen molar-refractivity contribution in [2.75, 3.05) is 5.32 Å². The highest BCUT2D eigenvalue weighted by Crippen LogP contribution is 2.20. The predicted octanol–water partition coefficient (Wildman–Crippen LogP) is 2.61. The molecule has 25 heavy (non-hydrogen) atoms. The van der Waals surface area contributed by atoms with Gasteiger partial charge in [-0.25, -0.2) is 0 Å². The van der Waals surface area contributed by atoms with Crippen molar-refractivity contribution >= 4 is 23.5 Å². The predicted molar refractivity (Wildman–Crippen MR) is 91.8 cm³/mol. The maximum Gasteiger partial charge on any atom is 0.311 e. The van der Waals surface area contributed by atoms with Gasteiger partial charge in [0.05, 0.1) is 11.8 Å². The third-order valence-electron chi connectivity index (χ3n) is 3.41. The third kappa shape index (κ3) is 4.69. The van der Waals surface area contributed by atoms with Crippen molar-refractivity contribution in [3.05, 3.63) is 53.0 Å². The number of amides is 2. The van der Waals surface area contributed by atoms with Crippen LogP contribution in [0.25, 0.3) is 0 Å². The third-order valence-corrected chi connectivity index (χ3v) is 3.41. The van der Waals surface area contributed by atoms with Gasteiger partial charge >= 0.3 is 5.97 Å². The molecule has 0 unspecified atom stereocenters. The molecule has 7 nitrogen and oxygen atoms in total. The van der Waals surface area contributed by atoms with Gasteiger partial charge in [-0.3, -0.25) is 14.4 Å². The second kappa shape index (κ2) is 7.65. The molecule has 132 valence electrons. The summed E-state index contributed by atoms with van der Waals surface area (Å²) in [7, 11) is 0. The number of hydrogen-bond acceptors (Lipinski definition) is 4. The second-order valence-corrected chi connectivity index (χ2v) is 5.95. The van der Waals surface area contributed by atoms with E-state index >= 15 is 0 Å².